The van der Waals surface area contributed by atoms with Crippen molar-refractivity contribution >= 4 is 21.6 Å². The largest absolute Gasteiger partial charge is 0.491 e. The highest BCUT2D eigenvalue weighted by Gasteiger charge is 2.07. The highest BCUT2D eigenvalue weighted by molar-refractivity contribution is 9.10. The number of rotatable bonds is 6. The Morgan fingerprint density at radius 1 is 1.27 bits per heavy atom. The molecule has 2 aromatic rings. The zero-order valence-corrected chi connectivity index (χ0v) is 13.2. The van der Waals surface area contributed by atoms with E-state index in [1.165, 1.54) is 24.3 Å². The summed E-state index contributed by atoms with van der Waals surface area (Å²) in [7, 11) is 0. The number of aliphatic hydroxyl groups is 1. The number of hydrogen-bond acceptors (Lipinski definition) is 4. The molecule has 0 spiro atoms. The predicted octanol–water partition coefficient (Wildman–Crippen LogP) is 3.31. The topological polar surface area (TPSA) is 65.3 Å². The second-order valence-corrected chi connectivity index (χ2v) is 5.46. The first kappa shape index (κ1) is 16.3. The van der Waals surface area contributed by atoms with Crippen LogP contribution in [0.4, 0.5) is 10.1 Å². The summed E-state index contributed by atoms with van der Waals surface area (Å²) in [6.45, 7) is 0.373. The van der Waals surface area contributed by atoms with E-state index in [2.05, 4.69) is 21.2 Å². The third-order valence-corrected chi connectivity index (χ3v) is 3.54. The molecule has 2 rings (SSSR count). The summed E-state index contributed by atoms with van der Waals surface area (Å²) in [4.78, 5) is 0. The summed E-state index contributed by atoms with van der Waals surface area (Å²) >= 11 is 3.36. The van der Waals surface area contributed by atoms with E-state index in [-0.39, 0.29) is 19.0 Å². The van der Waals surface area contributed by atoms with Gasteiger partial charge in [0.05, 0.1) is 11.6 Å². The molecular weight excluding hydrogens is 351 g/mol. The Morgan fingerprint density at radius 2 is 2.00 bits per heavy atom. The average Bonchev–Trinajstić information content (AvgIpc) is 2.53. The molecule has 0 amide bonds. The fourth-order valence-electron chi connectivity index (χ4n) is 1.74. The molecule has 2 aromatic carbocycles. The van der Waals surface area contributed by atoms with E-state index in [0.717, 1.165) is 10.2 Å². The van der Waals surface area contributed by atoms with Crippen LogP contribution in [0.1, 0.15) is 5.56 Å². The van der Waals surface area contributed by atoms with Crippen molar-refractivity contribution < 1.29 is 14.2 Å². The van der Waals surface area contributed by atoms with Gasteiger partial charge in [-0.15, -0.1) is 0 Å². The molecule has 114 valence electrons. The molecule has 0 bridgehead atoms. The minimum atomic E-state index is -0.729. The fourth-order valence-corrected chi connectivity index (χ4v) is 2.26. The lowest BCUT2D eigenvalue weighted by Gasteiger charge is -2.15. The van der Waals surface area contributed by atoms with Crippen LogP contribution >= 0.6 is 15.9 Å². The second kappa shape index (κ2) is 7.78. The number of anilines is 1. The van der Waals surface area contributed by atoms with Gasteiger partial charge in [-0.1, -0.05) is 0 Å². The number of benzene rings is 2. The van der Waals surface area contributed by atoms with Crippen molar-refractivity contribution in [1.82, 2.24) is 0 Å². The zero-order valence-electron chi connectivity index (χ0n) is 11.6. The second-order valence-electron chi connectivity index (χ2n) is 4.61. The monoisotopic (exact) mass is 364 g/mol. The fraction of sp³-hybridized carbons (Fsp3) is 0.188. The van der Waals surface area contributed by atoms with Crippen molar-refractivity contribution in [3.63, 3.8) is 0 Å². The molecule has 0 aliphatic heterocycles. The molecule has 1 atom stereocenters. The van der Waals surface area contributed by atoms with Crippen LogP contribution in [-0.4, -0.2) is 24.4 Å². The molecule has 0 radical (unpaired) electrons. The maximum Gasteiger partial charge on any atom is 0.123 e. The maximum absolute atomic E-state index is 12.7. The molecule has 0 unspecified atom stereocenters. The third kappa shape index (κ3) is 4.72. The Bertz CT molecular complexity index is 671. The van der Waals surface area contributed by atoms with Gasteiger partial charge in [-0.25, -0.2) is 4.39 Å². The van der Waals surface area contributed by atoms with Gasteiger partial charge in [0.1, 0.15) is 24.3 Å². The maximum atomic E-state index is 12.7. The van der Waals surface area contributed by atoms with Crippen LogP contribution < -0.4 is 10.1 Å². The average molecular weight is 365 g/mol. The number of ether oxygens (including phenoxy) is 1. The molecule has 4 nitrogen and oxygen atoms in total. The van der Waals surface area contributed by atoms with Gasteiger partial charge < -0.3 is 15.2 Å². The minimum Gasteiger partial charge on any atom is -0.491 e. The molecule has 2 N–H and O–H groups in total. The smallest absolute Gasteiger partial charge is 0.123 e. The van der Waals surface area contributed by atoms with Crippen LogP contribution in [0.2, 0.25) is 0 Å². The third-order valence-electron chi connectivity index (χ3n) is 2.88. The van der Waals surface area contributed by atoms with Crippen molar-refractivity contribution in [1.29, 1.82) is 5.26 Å². The number of nitrogens with zero attached hydrogens (tertiary/aromatic N) is 1. The summed E-state index contributed by atoms with van der Waals surface area (Å²) in [5.41, 5.74) is 1.33. The van der Waals surface area contributed by atoms with E-state index < -0.39 is 6.10 Å². The van der Waals surface area contributed by atoms with Crippen molar-refractivity contribution in [3.05, 3.63) is 58.3 Å². The van der Waals surface area contributed by atoms with Crippen molar-refractivity contribution in [2.24, 2.45) is 0 Å². The minimum absolute atomic E-state index is 0.0898. The van der Waals surface area contributed by atoms with Gasteiger partial charge in [-0.2, -0.15) is 5.26 Å². The summed E-state index contributed by atoms with van der Waals surface area (Å²) in [5, 5.41) is 21.7. The van der Waals surface area contributed by atoms with Crippen LogP contribution in [0.3, 0.4) is 0 Å². The normalized spacial score (nSPS) is 11.5. The van der Waals surface area contributed by atoms with E-state index in [4.69, 9.17) is 10.00 Å². The van der Waals surface area contributed by atoms with Gasteiger partial charge in [-0.3, -0.25) is 0 Å². The lowest BCUT2D eigenvalue weighted by molar-refractivity contribution is 0.117. The van der Waals surface area contributed by atoms with E-state index >= 15 is 0 Å². The highest BCUT2D eigenvalue weighted by atomic mass is 79.9. The molecule has 6 heteroatoms. The molecule has 22 heavy (non-hydrogen) atoms. The van der Waals surface area contributed by atoms with Crippen LogP contribution in [-0.2, 0) is 0 Å². The van der Waals surface area contributed by atoms with Gasteiger partial charge in [0.25, 0.3) is 0 Å². The van der Waals surface area contributed by atoms with Crippen LogP contribution in [0.25, 0.3) is 0 Å². The lowest BCUT2D eigenvalue weighted by atomic mass is 10.2. The molecule has 0 saturated carbocycles. The van der Waals surface area contributed by atoms with E-state index in [0.29, 0.717) is 11.3 Å². The van der Waals surface area contributed by atoms with Crippen molar-refractivity contribution in [3.8, 4) is 11.8 Å². The van der Waals surface area contributed by atoms with Gasteiger partial charge in [-0.05, 0) is 58.4 Å². The molecule has 0 aliphatic carbocycles. The Labute approximate surface area is 136 Å². The first-order chi connectivity index (χ1) is 10.6. The quantitative estimate of drug-likeness (QED) is 0.825. The Balaban J connectivity index is 1.81. The van der Waals surface area contributed by atoms with Crippen LogP contribution in [0, 0.1) is 17.1 Å². The zero-order chi connectivity index (χ0) is 15.9. The number of halogens is 2. The lowest BCUT2D eigenvalue weighted by Crippen LogP contribution is -2.26. The van der Waals surface area contributed by atoms with Crippen LogP contribution in [0.15, 0.2) is 46.9 Å². The Hall–Kier alpha value is -2.10. The number of hydrogen-bond donors (Lipinski definition) is 2. The summed E-state index contributed by atoms with van der Waals surface area (Å²) in [6.07, 6.45) is -0.729. The first-order valence-corrected chi connectivity index (χ1v) is 7.38. The Kier molecular flexibility index (Phi) is 5.75. The SMILES string of the molecule is N#Cc1ccc(NC[C@H](O)COc2ccc(F)cc2)c(Br)c1. The first-order valence-electron chi connectivity index (χ1n) is 6.58. The van der Waals surface area contributed by atoms with E-state index in [9.17, 15) is 9.50 Å². The molecule has 0 fully saturated rings. The molecule has 0 saturated heterocycles. The predicted molar refractivity (Wildman–Crippen MR) is 85.2 cm³/mol. The molecule has 0 aliphatic rings. The summed E-state index contributed by atoms with van der Waals surface area (Å²) in [5.74, 6) is 0.167. The molecule has 0 aromatic heterocycles. The summed E-state index contributed by atoms with van der Waals surface area (Å²) in [6, 6.07) is 12.8. The van der Waals surface area contributed by atoms with Gasteiger partial charge in [0.15, 0.2) is 0 Å². The molecular formula is C16H14BrFN2O2. The van der Waals surface area contributed by atoms with Crippen molar-refractivity contribution in [2.45, 2.75) is 6.10 Å². The van der Waals surface area contributed by atoms with Gasteiger partial charge in [0.2, 0.25) is 0 Å². The standard InChI is InChI=1S/C16H14BrFN2O2/c17-15-7-11(8-19)1-6-16(15)20-9-13(21)10-22-14-4-2-12(18)3-5-14/h1-7,13,20-21H,9-10H2/t13-/m0/s1. The Morgan fingerprint density at radius 3 is 2.64 bits per heavy atom. The van der Waals surface area contributed by atoms with Crippen molar-refractivity contribution in [2.75, 3.05) is 18.5 Å². The molecule has 0 heterocycles. The highest BCUT2D eigenvalue weighted by Crippen LogP contribution is 2.23. The van der Waals surface area contributed by atoms with Gasteiger partial charge >= 0.3 is 0 Å². The van der Waals surface area contributed by atoms with Gasteiger partial charge in [0, 0.05) is 16.7 Å². The number of nitrogens with one attached hydrogen (secondary N) is 1. The van der Waals surface area contributed by atoms with Crippen LogP contribution in [0.5, 0.6) is 5.75 Å². The number of nitriles is 1. The summed E-state index contributed by atoms with van der Waals surface area (Å²) < 4.78 is 18.9. The van der Waals surface area contributed by atoms with E-state index in [1.54, 1.807) is 18.2 Å². The number of aliphatic hydroxyl groups excluding tert-OH is 1. The van der Waals surface area contributed by atoms with E-state index in [1.807, 2.05) is 6.07 Å².